The summed E-state index contributed by atoms with van der Waals surface area (Å²) in [5.74, 6) is -0.00728. The molecule has 3 rings (SSSR count). The van der Waals surface area contributed by atoms with Crippen LogP contribution in [0.1, 0.15) is 35.1 Å². The van der Waals surface area contributed by atoms with Gasteiger partial charge in [-0.05, 0) is 19.3 Å². The largest absolute Gasteiger partial charge is 0.435 e. The van der Waals surface area contributed by atoms with E-state index in [-0.39, 0.29) is 24.4 Å². The van der Waals surface area contributed by atoms with Gasteiger partial charge in [0.2, 0.25) is 11.8 Å². The summed E-state index contributed by atoms with van der Waals surface area (Å²) in [5.41, 5.74) is -0.370. The van der Waals surface area contributed by atoms with E-state index < -0.39 is 17.8 Å². The molecule has 2 heterocycles. The molecule has 1 aliphatic rings. The second kappa shape index (κ2) is 5.91. The first-order valence-electron chi connectivity index (χ1n) is 7.43. The minimum absolute atomic E-state index is 0.0229. The second-order valence-corrected chi connectivity index (χ2v) is 5.89. The van der Waals surface area contributed by atoms with Crippen molar-refractivity contribution < 1.29 is 22.5 Å². The van der Waals surface area contributed by atoms with E-state index >= 15 is 0 Å². The van der Waals surface area contributed by atoms with Gasteiger partial charge in [-0.15, -0.1) is 0 Å². The minimum atomic E-state index is -4.52. The topological polar surface area (TPSA) is 87.9 Å². The monoisotopic (exact) mass is 343 g/mol. The van der Waals surface area contributed by atoms with Gasteiger partial charge in [0.25, 0.3) is 0 Å². The molecular formula is C14H16F3N5O2. The van der Waals surface area contributed by atoms with Gasteiger partial charge in [0, 0.05) is 31.1 Å². The molecule has 10 heteroatoms. The summed E-state index contributed by atoms with van der Waals surface area (Å²) in [6.45, 7) is 1.79. The Labute approximate surface area is 135 Å². The van der Waals surface area contributed by atoms with Crippen LogP contribution < -0.4 is 0 Å². The molecule has 130 valence electrons. The molecule has 0 saturated carbocycles. The van der Waals surface area contributed by atoms with Gasteiger partial charge in [-0.1, -0.05) is 5.16 Å². The zero-order valence-corrected chi connectivity index (χ0v) is 13.1. The lowest BCUT2D eigenvalue weighted by atomic mass is 9.85. The van der Waals surface area contributed by atoms with Crippen molar-refractivity contribution in [3.63, 3.8) is 0 Å². The predicted octanol–water partition coefficient (Wildman–Crippen LogP) is 1.88. The zero-order valence-electron chi connectivity index (χ0n) is 13.1. The van der Waals surface area contributed by atoms with Crippen molar-refractivity contribution in [2.24, 2.45) is 5.92 Å². The SMILES string of the molecule is Cc1nc(CN(C)C(=O)[C@@H]2CCc3[nH]nc(C(F)(F)F)c3C2)no1. The molecule has 0 unspecified atom stereocenters. The summed E-state index contributed by atoms with van der Waals surface area (Å²) in [6, 6.07) is 0. The first-order valence-corrected chi connectivity index (χ1v) is 7.43. The molecule has 0 bridgehead atoms. The van der Waals surface area contributed by atoms with Crippen LogP contribution in [0.25, 0.3) is 0 Å². The van der Waals surface area contributed by atoms with Gasteiger partial charge in [-0.3, -0.25) is 9.89 Å². The number of aromatic nitrogens is 4. The summed E-state index contributed by atoms with van der Waals surface area (Å²) in [6.07, 6.45) is -3.66. The lowest BCUT2D eigenvalue weighted by Crippen LogP contribution is -2.36. The maximum atomic E-state index is 13.0. The van der Waals surface area contributed by atoms with Crippen molar-refractivity contribution in [3.8, 4) is 0 Å². The Bertz CT molecular complexity index is 752. The van der Waals surface area contributed by atoms with Crippen LogP contribution in [-0.4, -0.2) is 38.2 Å². The highest BCUT2D eigenvalue weighted by Gasteiger charge is 2.40. The molecule has 0 saturated heterocycles. The average molecular weight is 343 g/mol. The number of aromatic amines is 1. The van der Waals surface area contributed by atoms with E-state index in [0.717, 1.165) is 0 Å². The lowest BCUT2D eigenvalue weighted by molar-refractivity contribution is -0.142. The first-order chi connectivity index (χ1) is 11.3. The number of carbonyl (C=O) groups excluding carboxylic acids is 1. The van der Waals surface area contributed by atoms with E-state index in [1.165, 1.54) is 4.90 Å². The van der Waals surface area contributed by atoms with Gasteiger partial charge in [-0.2, -0.15) is 23.3 Å². The number of fused-ring (bicyclic) bond motifs is 1. The highest BCUT2D eigenvalue weighted by molar-refractivity contribution is 5.79. The number of nitrogens with zero attached hydrogens (tertiary/aromatic N) is 4. The van der Waals surface area contributed by atoms with E-state index in [9.17, 15) is 18.0 Å². The molecule has 1 aliphatic carbocycles. The van der Waals surface area contributed by atoms with Crippen molar-refractivity contribution >= 4 is 5.91 Å². The Morgan fingerprint density at radius 1 is 1.46 bits per heavy atom. The summed E-state index contributed by atoms with van der Waals surface area (Å²) in [4.78, 5) is 18.0. The lowest BCUT2D eigenvalue weighted by Gasteiger charge is -2.26. The number of hydrogen-bond acceptors (Lipinski definition) is 5. The van der Waals surface area contributed by atoms with Crippen molar-refractivity contribution in [1.29, 1.82) is 0 Å². The standard InChI is InChI=1S/C14H16F3N5O2/c1-7-18-11(21-24-7)6-22(2)13(23)8-3-4-10-9(5-8)12(20-19-10)14(15,16)17/h8H,3-6H2,1-2H3,(H,19,20)/t8-/m1/s1. The second-order valence-electron chi connectivity index (χ2n) is 5.89. The molecule has 0 radical (unpaired) electrons. The fraction of sp³-hybridized carbons (Fsp3) is 0.571. The van der Waals surface area contributed by atoms with E-state index in [4.69, 9.17) is 4.52 Å². The van der Waals surface area contributed by atoms with Gasteiger partial charge in [-0.25, -0.2) is 0 Å². The van der Waals surface area contributed by atoms with Gasteiger partial charge in [0.1, 0.15) is 0 Å². The summed E-state index contributed by atoms with van der Waals surface area (Å²) >= 11 is 0. The molecule has 24 heavy (non-hydrogen) atoms. The molecule has 0 aliphatic heterocycles. The highest BCUT2D eigenvalue weighted by atomic mass is 19.4. The van der Waals surface area contributed by atoms with Crippen molar-refractivity contribution in [2.75, 3.05) is 7.05 Å². The Morgan fingerprint density at radius 2 is 2.21 bits per heavy atom. The maximum absolute atomic E-state index is 13.0. The molecule has 2 aromatic rings. The number of nitrogens with one attached hydrogen (secondary N) is 1. The van der Waals surface area contributed by atoms with E-state index in [0.29, 0.717) is 30.3 Å². The van der Waals surface area contributed by atoms with E-state index in [1.807, 2.05) is 0 Å². The van der Waals surface area contributed by atoms with Gasteiger partial charge in [0.05, 0.1) is 6.54 Å². The number of alkyl halides is 3. The minimum Gasteiger partial charge on any atom is -0.340 e. The van der Waals surface area contributed by atoms with Crippen molar-refractivity contribution in [3.05, 3.63) is 28.7 Å². The Morgan fingerprint density at radius 3 is 2.83 bits per heavy atom. The summed E-state index contributed by atoms with van der Waals surface area (Å²) < 4.78 is 43.8. The molecule has 0 aromatic carbocycles. The Hall–Kier alpha value is -2.39. The normalized spacial score (nSPS) is 17.6. The van der Waals surface area contributed by atoms with Gasteiger partial charge in [0.15, 0.2) is 11.5 Å². The van der Waals surface area contributed by atoms with Crippen LogP contribution in [0.2, 0.25) is 0 Å². The smallest absolute Gasteiger partial charge is 0.340 e. The molecule has 1 atom stereocenters. The van der Waals surface area contributed by atoms with Crippen LogP contribution in [0.3, 0.4) is 0 Å². The average Bonchev–Trinajstić information content (AvgIpc) is 3.11. The fourth-order valence-electron chi connectivity index (χ4n) is 2.95. The Kier molecular flexibility index (Phi) is 4.06. The Balaban J connectivity index is 1.72. The van der Waals surface area contributed by atoms with Crippen LogP contribution in [0.4, 0.5) is 13.2 Å². The highest BCUT2D eigenvalue weighted by Crippen LogP contribution is 2.36. The number of halogens is 3. The molecule has 1 N–H and O–H groups in total. The van der Waals surface area contributed by atoms with Crippen molar-refractivity contribution in [1.82, 2.24) is 25.2 Å². The van der Waals surface area contributed by atoms with Crippen LogP contribution >= 0.6 is 0 Å². The first kappa shape index (κ1) is 16.5. The molecule has 0 fully saturated rings. The molecule has 7 nitrogen and oxygen atoms in total. The zero-order chi connectivity index (χ0) is 17.5. The number of H-pyrrole nitrogens is 1. The number of carbonyl (C=O) groups is 1. The van der Waals surface area contributed by atoms with Crippen LogP contribution in [0, 0.1) is 12.8 Å². The fourth-order valence-corrected chi connectivity index (χ4v) is 2.95. The molecular weight excluding hydrogens is 327 g/mol. The maximum Gasteiger partial charge on any atom is 0.435 e. The molecule has 2 aromatic heterocycles. The summed E-state index contributed by atoms with van der Waals surface area (Å²) in [7, 11) is 1.57. The number of aryl methyl sites for hydroxylation is 2. The van der Waals surface area contributed by atoms with Gasteiger partial charge >= 0.3 is 6.18 Å². The number of amides is 1. The van der Waals surface area contributed by atoms with Crippen LogP contribution in [-0.2, 0) is 30.4 Å². The molecule has 1 amide bonds. The predicted molar refractivity (Wildman–Crippen MR) is 74.6 cm³/mol. The van der Waals surface area contributed by atoms with Crippen molar-refractivity contribution in [2.45, 2.75) is 38.9 Å². The van der Waals surface area contributed by atoms with Crippen LogP contribution in [0.15, 0.2) is 4.52 Å². The van der Waals surface area contributed by atoms with Gasteiger partial charge < -0.3 is 9.42 Å². The summed E-state index contributed by atoms with van der Waals surface area (Å²) in [5, 5.41) is 9.52. The van der Waals surface area contributed by atoms with E-state index in [2.05, 4.69) is 20.3 Å². The molecule has 0 spiro atoms. The number of rotatable bonds is 3. The third-order valence-corrected chi connectivity index (χ3v) is 4.09. The van der Waals surface area contributed by atoms with E-state index in [1.54, 1.807) is 14.0 Å². The van der Waals surface area contributed by atoms with Crippen LogP contribution in [0.5, 0.6) is 0 Å². The third kappa shape index (κ3) is 3.13. The quantitative estimate of drug-likeness (QED) is 0.919. The number of hydrogen-bond donors (Lipinski definition) is 1. The third-order valence-electron chi connectivity index (χ3n) is 4.09.